The Balaban J connectivity index is 1.91. The lowest BCUT2D eigenvalue weighted by atomic mass is 10.0. The van der Waals surface area contributed by atoms with Crippen molar-refractivity contribution in [3.63, 3.8) is 0 Å². The summed E-state index contributed by atoms with van der Waals surface area (Å²) in [7, 11) is 1.70. The summed E-state index contributed by atoms with van der Waals surface area (Å²) >= 11 is 0. The van der Waals surface area contributed by atoms with Crippen LogP contribution in [0.3, 0.4) is 0 Å². The van der Waals surface area contributed by atoms with Crippen LogP contribution in [-0.2, 0) is 11.3 Å². The molecule has 0 spiro atoms. The summed E-state index contributed by atoms with van der Waals surface area (Å²) < 4.78 is 11.6. The van der Waals surface area contributed by atoms with Crippen molar-refractivity contribution in [1.29, 1.82) is 0 Å². The molecule has 1 N–H and O–H groups in total. The third kappa shape index (κ3) is 4.22. The smallest absolute Gasteiger partial charge is 0.119 e. The highest BCUT2D eigenvalue weighted by atomic mass is 16.5. The van der Waals surface area contributed by atoms with Gasteiger partial charge in [-0.05, 0) is 43.5 Å². The Morgan fingerprint density at radius 3 is 2.75 bits per heavy atom. The summed E-state index contributed by atoms with van der Waals surface area (Å²) in [5, 5.41) is 3.53. The molecule has 1 aromatic rings. The molecule has 0 unspecified atom stereocenters. The van der Waals surface area contributed by atoms with Crippen molar-refractivity contribution in [2.45, 2.75) is 51.2 Å². The van der Waals surface area contributed by atoms with Crippen LogP contribution in [-0.4, -0.2) is 25.8 Å². The van der Waals surface area contributed by atoms with Gasteiger partial charge in [0.1, 0.15) is 5.75 Å². The summed E-state index contributed by atoms with van der Waals surface area (Å²) in [6.45, 7) is 4.92. The lowest BCUT2D eigenvalue weighted by Gasteiger charge is -2.30. The predicted octanol–water partition coefficient (Wildman–Crippen LogP) is 3.52. The van der Waals surface area contributed by atoms with Gasteiger partial charge in [-0.3, -0.25) is 0 Å². The van der Waals surface area contributed by atoms with Crippen LogP contribution in [0.15, 0.2) is 24.3 Å². The highest BCUT2D eigenvalue weighted by Crippen LogP contribution is 2.33. The maximum absolute atomic E-state index is 6.30. The van der Waals surface area contributed by atoms with Crippen molar-refractivity contribution < 1.29 is 9.47 Å². The van der Waals surface area contributed by atoms with E-state index in [0.29, 0.717) is 6.61 Å². The van der Waals surface area contributed by atoms with E-state index < -0.39 is 0 Å². The Morgan fingerprint density at radius 2 is 2.05 bits per heavy atom. The molecule has 20 heavy (non-hydrogen) atoms. The van der Waals surface area contributed by atoms with Crippen molar-refractivity contribution in [2.75, 3.05) is 20.2 Å². The molecular weight excluding hydrogens is 250 g/mol. The zero-order valence-corrected chi connectivity index (χ0v) is 12.8. The molecule has 0 heterocycles. The first-order valence-electron chi connectivity index (χ1n) is 7.75. The zero-order valence-electron chi connectivity index (χ0n) is 12.8. The van der Waals surface area contributed by atoms with Gasteiger partial charge in [-0.1, -0.05) is 31.9 Å². The quantitative estimate of drug-likeness (QED) is 0.737. The van der Waals surface area contributed by atoms with Crippen LogP contribution in [0.25, 0.3) is 0 Å². The van der Waals surface area contributed by atoms with E-state index in [1.165, 1.54) is 37.7 Å². The van der Waals surface area contributed by atoms with Crippen molar-refractivity contribution in [3.8, 4) is 5.75 Å². The second-order valence-corrected chi connectivity index (χ2v) is 5.71. The Morgan fingerprint density at radius 1 is 1.25 bits per heavy atom. The van der Waals surface area contributed by atoms with Gasteiger partial charge in [0.25, 0.3) is 0 Å². The van der Waals surface area contributed by atoms with E-state index in [1.54, 1.807) is 7.11 Å². The topological polar surface area (TPSA) is 30.5 Å². The van der Waals surface area contributed by atoms with Gasteiger partial charge in [-0.15, -0.1) is 0 Å². The normalized spacial score (nSPS) is 17.3. The molecular formula is C17H27NO2. The molecule has 2 rings (SSSR count). The fourth-order valence-corrected chi connectivity index (χ4v) is 2.88. The summed E-state index contributed by atoms with van der Waals surface area (Å²) in [5.74, 6) is 0.899. The Labute approximate surface area is 122 Å². The molecule has 0 aliphatic heterocycles. The molecule has 1 aromatic carbocycles. The molecule has 1 saturated carbocycles. The van der Waals surface area contributed by atoms with Crippen LogP contribution in [0.4, 0.5) is 0 Å². The number of rotatable bonds is 8. The maximum Gasteiger partial charge on any atom is 0.119 e. The number of methoxy groups -OCH3 is 1. The van der Waals surface area contributed by atoms with E-state index >= 15 is 0 Å². The minimum Gasteiger partial charge on any atom is -0.497 e. The Kier molecular flexibility index (Phi) is 5.86. The van der Waals surface area contributed by atoms with Crippen LogP contribution < -0.4 is 10.1 Å². The first-order valence-corrected chi connectivity index (χ1v) is 7.75. The highest BCUT2D eigenvalue weighted by molar-refractivity contribution is 5.27. The van der Waals surface area contributed by atoms with Crippen LogP contribution >= 0.6 is 0 Å². The molecule has 0 amide bonds. The van der Waals surface area contributed by atoms with Crippen molar-refractivity contribution in [1.82, 2.24) is 5.32 Å². The van der Waals surface area contributed by atoms with E-state index in [4.69, 9.17) is 9.47 Å². The summed E-state index contributed by atoms with van der Waals surface area (Å²) in [5.41, 5.74) is 1.23. The van der Waals surface area contributed by atoms with E-state index in [9.17, 15) is 0 Å². The molecule has 0 radical (unpaired) electrons. The van der Waals surface area contributed by atoms with Gasteiger partial charge in [0, 0.05) is 6.54 Å². The van der Waals surface area contributed by atoms with Gasteiger partial charge in [0.05, 0.1) is 19.3 Å². The fraction of sp³-hybridized carbons (Fsp3) is 0.647. The Bertz CT molecular complexity index is 400. The van der Waals surface area contributed by atoms with Gasteiger partial charge >= 0.3 is 0 Å². The molecule has 0 bridgehead atoms. The molecule has 3 heteroatoms. The second kappa shape index (κ2) is 7.65. The zero-order chi connectivity index (χ0) is 14.3. The number of nitrogens with one attached hydrogen (secondary N) is 1. The molecule has 112 valence electrons. The van der Waals surface area contributed by atoms with Gasteiger partial charge in [-0.2, -0.15) is 0 Å². The molecule has 0 atom stereocenters. The van der Waals surface area contributed by atoms with Gasteiger partial charge in [-0.25, -0.2) is 0 Å². The molecule has 1 aliphatic rings. The van der Waals surface area contributed by atoms with Gasteiger partial charge in [0.2, 0.25) is 0 Å². The third-order valence-corrected chi connectivity index (χ3v) is 4.07. The molecule has 0 aromatic heterocycles. The van der Waals surface area contributed by atoms with Crippen molar-refractivity contribution in [3.05, 3.63) is 29.8 Å². The lowest BCUT2D eigenvalue weighted by Crippen LogP contribution is -2.41. The standard InChI is InChI=1S/C17H27NO2/c1-3-11-18-14-17(9-4-5-10-17)20-13-15-7-6-8-16(12-15)19-2/h6-8,12,18H,3-5,9-11,13-14H2,1-2H3. The van der Waals surface area contributed by atoms with Gasteiger partial charge < -0.3 is 14.8 Å². The van der Waals surface area contributed by atoms with E-state index in [2.05, 4.69) is 24.4 Å². The van der Waals surface area contributed by atoms with Crippen molar-refractivity contribution >= 4 is 0 Å². The largest absolute Gasteiger partial charge is 0.497 e. The SMILES string of the molecule is CCCNCC1(OCc2cccc(OC)c2)CCCC1. The minimum atomic E-state index is 0.0399. The van der Waals surface area contributed by atoms with E-state index in [1.807, 2.05) is 12.1 Å². The number of benzene rings is 1. The fourth-order valence-electron chi connectivity index (χ4n) is 2.88. The Hall–Kier alpha value is -1.06. The highest BCUT2D eigenvalue weighted by Gasteiger charge is 2.34. The van der Waals surface area contributed by atoms with Crippen LogP contribution in [0.5, 0.6) is 5.75 Å². The first kappa shape index (κ1) is 15.3. The van der Waals surface area contributed by atoms with Crippen LogP contribution in [0.1, 0.15) is 44.6 Å². The molecule has 0 saturated heterocycles. The van der Waals surface area contributed by atoms with Crippen molar-refractivity contribution in [2.24, 2.45) is 0 Å². The average Bonchev–Trinajstić information content (AvgIpc) is 2.95. The number of hydrogen-bond acceptors (Lipinski definition) is 3. The monoisotopic (exact) mass is 277 g/mol. The van der Waals surface area contributed by atoms with Crippen LogP contribution in [0.2, 0.25) is 0 Å². The predicted molar refractivity (Wildman–Crippen MR) is 82.1 cm³/mol. The summed E-state index contributed by atoms with van der Waals surface area (Å²) in [6.07, 6.45) is 6.09. The second-order valence-electron chi connectivity index (χ2n) is 5.71. The summed E-state index contributed by atoms with van der Waals surface area (Å²) in [6, 6.07) is 8.15. The molecule has 1 fully saturated rings. The first-order chi connectivity index (χ1) is 9.78. The molecule has 1 aliphatic carbocycles. The van der Waals surface area contributed by atoms with Gasteiger partial charge in [0.15, 0.2) is 0 Å². The average molecular weight is 277 g/mol. The number of ether oxygens (including phenoxy) is 2. The number of hydrogen-bond donors (Lipinski definition) is 1. The third-order valence-electron chi connectivity index (χ3n) is 4.07. The van der Waals surface area contributed by atoms with Crippen LogP contribution in [0, 0.1) is 0 Å². The lowest BCUT2D eigenvalue weighted by molar-refractivity contribution is -0.0503. The molecule has 3 nitrogen and oxygen atoms in total. The van der Waals surface area contributed by atoms with E-state index in [0.717, 1.165) is 18.8 Å². The minimum absolute atomic E-state index is 0.0399. The summed E-state index contributed by atoms with van der Waals surface area (Å²) in [4.78, 5) is 0. The van der Waals surface area contributed by atoms with E-state index in [-0.39, 0.29) is 5.60 Å². The maximum atomic E-state index is 6.30.